The van der Waals surface area contributed by atoms with Gasteiger partial charge in [0.25, 0.3) is 0 Å². The minimum Gasteiger partial charge on any atom is -0.491 e. The van der Waals surface area contributed by atoms with Gasteiger partial charge in [-0.15, -0.1) is 0 Å². The van der Waals surface area contributed by atoms with Gasteiger partial charge in [-0.1, -0.05) is 36.4 Å². The van der Waals surface area contributed by atoms with Crippen LogP contribution >= 0.6 is 0 Å². The Hall–Kier alpha value is -1.96. The average Bonchev–Trinajstić information content (AvgIpc) is 2.39. The molecule has 0 heterocycles. The predicted octanol–water partition coefficient (Wildman–Crippen LogP) is 4.39. The van der Waals surface area contributed by atoms with Crippen molar-refractivity contribution < 1.29 is 4.74 Å². The largest absolute Gasteiger partial charge is 0.491 e. The summed E-state index contributed by atoms with van der Waals surface area (Å²) in [6.07, 6.45) is 0.194. The van der Waals surface area contributed by atoms with Gasteiger partial charge in [0.1, 0.15) is 5.75 Å². The molecule has 0 atom stereocenters. The number of anilines is 1. The lowest BCUT2D eigenvalue weighted by Gasteiger charge is -2.15. The summed E-state index contributed by atoms with van der Waals surface area (Å²) < 4.78 is 5.82. The predicted molar refractivity (Wildman–Crippen MR) is 80.7 cm³/mol. The van der Waals surface area contributed by atoms with Gasteiger partial charge in [-0.2, -0.15) is 0 Å². The van der Waals surface area contributed by atoms with Crippen molar-refractivity contribution in [3.63, 3.8) is 0 Å². The summed E-state index contributed by atoms with van der Waals surface area (Å²) in [6, 6.07) is 16.5. The molecule has 0 aliphatic heterocycles. The van der Waals surface area contributed by atoms with Crippen LogP contribution in [-0.4, -0.2) is 6.10 Å². The lowest BCUT2D eigenvalue weighted by molar-refractivity contribution is 0.240. The van der Waals surface area contributed by atoms with Gasteiger partial charge in [-0.3, -0.25) is 0 Å². The lowest BCUT2D eigenvalue weighted by atomic mass is 10.1. The van der Waals surface area contributed by atoms with E-state index >= 15 is 0 Å². The van der Waals surface area contributed by atoms with Crippen LogP contribution in [0.15, 0.2) is 48.5 Å². The Morgan fingerprint density at radius 1 is 1.00 bits per heavy atom. The van der Waals surface area contributed by atoms with Crippen molar-refractivity contribution in [2.45, 2.75) is 33.4 Å². The summed E-state index contributed by atoms with van der Waals surface area (Å²) >= 11 is 0. The van der Waals surface area contributed by atoms with Crippen molar-refractivity contribution in [1.82, 2.24) is 0 Å². The first-order valence-electron chi connectivity index (χ1n) is 6.71. The zero-order valence-corrected chi connectivity index (χ0v) is 11.8. The highest BCUT2D eigenvalue weighted by molar-refractivity contribution is 5.51. The Labute approximate surface area is 115 Å². The van der Waals surface area contributed by atoms with Crippen LogP contribution in [0.5, 0.6) is 5.75 Å². The van der Waals surface area contributed by atoms with Gasteiger partial charge < -0.3 is 10.1 Å². The molecule has 0 aliphatic rings. The smallest absolute Gasteiger partial charge is 0.124 e. The van der Waals surface area contributed by atoms with Crippen LogP contribution in [0.25, 0.3) is 0 Å². The minimum atomic E-state index is 0.194. The van der Waals surface area contributed by atoms with Crippen LogP contribution in [0, 0.1) is 6.92 Å². The Kier molecular flexibility index (Phi) is 4.45. The fourth-order valence-electron chi connectivity index (χ4n) is 1.98. The van der Waals surface area contributed by atoms with E-state index in [-0.39, 0.29) is 6.10 Å². The fraction of sp³-hybridized carbons (Fsp3) is 0.294. The van der Waals surface area contributed by atoms with Gasteiger partial charge in [0.05, 0.1) is 6.10 Å². The molecule has 0 saturated carbocycles. The number of ether oxygens (including phenoxy) is 1. The molecule has 2 nitrogen and oxygen atoms in total. The van der Waals surface area contributed by atoms with Crippen LogP contribution in [-0.2, 0) is 6.54 Å². The zero-order valence-electron chi connectivity index (χ0n) is 11.8. The number of benzene rings is 2. The van der Waals surface area contributed by atoms with E-state index in [2.05, 4.69) is 36.5 Å². The molecule has 2 aromatic rings. The van der Waals surface area contributed by atoms with E-state index in [1.807, 2.05) is 38.1 Å². The minimum absolute atomic E-state index is 0.194. The number of para-hydroxylation sites is 2. The maximum absolute atomic E-state index is 5.82. The number of nitrogens with one attached hydrogen (secondary N) is 1. The summed E-state index contributed by atoms with van der Waals surface area (Å²) in [7, 11) is 0. The molecule has 19 heavy (non-hydrogen) atoms. The molecule has 0 aromatic heterocycles. The summed E-state index contributed by atoms with van der Waals surface area (Å²) in [6.45, 7) is 6.98. The van der Waals surface area contributed by atoms with Crippen LogP contribution in [0.1, 0.15) is 25.0 Å². The quantitative estimate of drug-likeness (QED) is 0.855. The molecule has 0 unspecified atom stereocenters. The molecular weight excluding hydrogens is 234 g/mol. The topological polar surface area (TPSA) is 21.3 Å². The van der Waals surface area contributed by atoms with Gasteiger partial charge >= 0.3 is 0 Å². The molecule has 0 spiro atoms. The molecule has 0 aliphatic carbocycles. The van der Waals surface area contributed by atoms with Gasteiger partial charge in [0.15, 0.2) is 0 Å². The Balaban J connectivity index is 2.09. The molecule has 2 heteroatoms. The molecule has 0 amide bonds. The second kappa shape index (κ2) is 6.28. The third-order valence-corrected chi connectivity index (χ3v) is 2.95. The van der Waals surface area contributed by atoms with E-state index in [0.717, 1.165) is 12.3 Å². The molecule has 1 N–H and O–H groups in total. The van der Waals surface area contributed by atoms with E-state index in [4.69, 9.17) is 4.74 Å². The maximum atomic E-state index is 5.82. The maximum Gasteiger partial charge on any atom is 0.124 e. The highest BCUT2D eigenvalue weighted by Crippen LogP contribution is 2.21. The summed E-state index contributed by atoms with van der Waals surface area (Å²) in [5.74, 6) is 0.957. The van der Waals surface area contributed by atoms with Crippen LogP contribution in [0.4, 0.5) is 5.69 Å². The second-order valence-electron chi connectivity index (χ2n) is 4.94. The first-order valence-corrected chi connectivity index (χ1v) is 6.71. The molecule has 2 rings (SSSR count). The van der Waals surface area contributed by atoms with Crippen molar-refractivity contribution >= 4 is 5.69 Å². The SMILES string of the molecule is Cc1ccccc1NCc1ccccc1OC(C)C. The van der Waals surface area contributed by atoms with Crippen LogP contribution in [0.2, 0.25) is 0 Å². The highest BCUT2D eigenvalue weighted by Gasteiger charge is 2.05. The zero-order chi connectivity index (χ0) is 13.7. The summed E-state index contributed by atoms with van der Waals surface area (Å²) in [5.41, 5.74) is 3.60. The van der Waals surface area contributed by atoms with Crippen molar-refractivity contribution in [2.75, 3.05) is 5.32 Å². The van der Waals surface area contributed by atoms with Gasteiger partial charge in [-0.25, -0.2) is 0 Å². The molecule has 0 fully saturated rings. The summed E-state index contributed by atoms with van der Waals surface area (Å²) in [4.78, 5) is 0. The van der Waals surface area contributed by atoms with Crippen LogP contribution < -0.4 is 10.1 Å². The molecule has 0 radical (unpaired) electrons. The monoisotopic (exact) mass is 255 g/mol. The van der Waals surface area contributed by atoms with E-state index in [0.29, 0.717) is 0 Å². The lowest BCUT2D eigenvalue weighted by Crippen LogP contribution is -2.09. The first kappa shape index (κ1) is 13.5. The molecule has 2 aromatic carbocycles. The number of hydrogen-bond donors (Lipinski definition) is 1. The van der Waals surface area contributed by atoms with Crippen molar-refractivity contribution in [2.24, 2.45) is 0 Å². The van der Waals surface area contributed by atoms with Gasteiger partial charge in [0.2, 0.25) is 0 Å². The number of rotatable bonds is 5. The van der Waals surface area contributed by atoms with E-state index in [9.17, 15) is 0 Å². The normalized spacial score (nSPS) is 10.5. The third kappa shape index (κ3) is 3.75. The third-order valence-electron chi connectivity index (χ3n) is 2.95. The molecule has 100 valence electrons. The number of aryl methyl sites for hydroxylation is 1. The van der Waals surface area contributed by atoms with Crippen LogP contribution in [0.3, 0.4) is 0 Å². The van der Waals surface area contributed by atoms with Gasteiger partial charge in [0, 0.05) is 17.8 Å². The van der Waals surface area contributed by atoms with Crippen molar-refractivity contribution in [3.8, 4) is 5.75 Å². The standard InChI is InChI=1S/C17H21NO/c1-13(2)19-17-11-7-5-9-15(17)12-18-16-10-6-4-8-14(16)3/h4-11,13,18H,12H2,1-3H3. The van der Waals surface area contributed by atoms with E-state index < -0.39 is 0 Å². The van der Waals surface area contributed by atoms with E-state index in [1.54, 1.807) is 0 Å². The highest BCUT2D eigenvalue weighted by atomic mass is 16.5. The van der Waals surface area contributed by atoms with Crippen molar-refractivity contribution in [1.29, 1.82) is 0 Å². The Morgan fingerprint density at radius 2 is 1.68 bits per heavy atom. The Bertz CT molecular complexity index is 534. The second-order valence-corrected chi connectivity index (χ2v) is 4.94. The molecule has 0 bridgehead atoms. The van der Waals surface area contributed by atoms with Gasteiger partial charge in [-0.05, 0) is 38.5 Å². The summed E-state index contributed by atoms with van der Waals surface area (Å²) in [5, 5.41) is 3.46. The molecule has 0 saturated heterocycles. The number of hydrogen-bond acceptors (Lipinski definition) is 2. The first-order chi connectivity index (χ1) is 9.16. The molecular formula is C17H21NO. The van der Waals surface area contributed by atoms with E-state index in [1.165, 1.54) is 16.8 Å². The van der Waals surface area contributed by atoms with Crippen molar-refractivity contribution in [3.05, 3.63) is 59.7 Å². The average molecular weight is 255 g/mol. The Morgan fingerprint density at radius 3 is 2.42 bits per heavy atom. The fourth-order valence-corrected chi connectivity index (χ4v) is 1.98.